The average molecular weight is 200 g/mol. The van der Waals surface area contributed by atoms with Crippen LogP contribution in [-0.4, -0.2) is 40.6 Å². The van der Waals surface area contributed by atoms with E-state index in [0.29, 0.717) is 19.5 Å². The number of carbonyl (C=O) groups is 1. The van der Waals surface area contributed by atoms with Crippen LogP contribution in [-0.2, 0) is 4.79 Å². The molecule has 0 aliphatic carbocycles. The zero-order valence-corrected chi connectivity index (χ0v) is 9.16. The molecule has 0 saturated carbocycles. The molecule has 0 aromatic rings. The summed E-state index contributed by atoms with van der Waals surface area (Å²) in [6, 6.07) is -0.214. The molecule has 1 aliphatic heterocycles. The van der Waals surface area contributed by atoms with Crippen LogP contribution in [0.3, 0.4) is 0 Å². The molecule has 14 heavy (non-hydrogen) atoms. The Morgan fingerprint density at radius 1 is 1.57 bits per heavy atom. The van der Waals surface area contributed by atoms with Gasteiger partial charge in [-0.2, -0.15) is 0 Å². The fourth-order valence-corrected chi connectivity index (χ4v) is 1.88. The maximum atomic E-state index is 11.0. The van der Waals surface area contributed by atoms with Crippen molar-refractivity contribution in [3.05, 3.63) is 0 Å². The Morgan fingerprint density at radius 3 is 2.36 bits per heavy atom. The minimum Gasteiger partial charge on any atom is -0.387 e. The lowest BCUT2D eigenvalue weighted by Gasteiger charge is -2.51. The number of carbonyl (C=O) groups excluding carboxylic acids is 1. The van der Waals surface area contributed by atoms with Gasteiger partial charge in [0, 0.05) is 13.1 Å². The monoisotopic (exact) mass is 200 g/mol. The van der Waals surface area contributed by atoms with E-state index in [1.807, 2.05) is 25.7 Å². The van der Waals surface area contributed by atoms with E-state index in [1.54, 1.807) is 0 Å². The molecule has 1 fully saturated rings. The van der Waals surface area contributed by atoms with E-state index in [0.717, 1.165) is 0 Å². The first-order valence-electron chi connectivity index (χ1n) is 5.16. The summed E-state index contributed by atoms with van der Waals surface area (Å²) in [5.74, 6) is -0.0672. The quantitative estimate of drug-likeness (QED) is 0.669. The van der Waals surface area contributed by atoms with E-state index in [9.17, 15) is 9.90 Å². The van der Waals surface area contributed by atoms with E-state index in [-0.39, 0.29) is 17.9 Å². The number of nitrogens with two attached hydrogens (primary N) is 1. The van der Waals surface area contributed by atoms with Gasteiger partial charge in [-0.05, 0) is 12.3 Å². The van der Waals surface area contributed by atoms with Crippen molar-refractivity contribution < 1.29 is 9.90 Å². The van der Waals surface area contributed by atoms with Crippen LogP contribution in [0.4, 0.5) is 0 Å². The van der Waals surface area contributed by atoms with Gasteiger partial charge >= 0.3 is 0 Å². The van der Waals surface area contributed by atoms with Crippen molar-refractivity contribution in [2.24, 2.45) is 11.7 Å². The summed E-state index contributed by atoms with van der Waals surface area (Å²) in [5.41, 5.74) is 4.64. The Kier molecular flexibility index (Phi) is 3.17. The second-order valence-corrected chi connectivity index (χ2v) is 4.49. The van der Waals surface area contributed by atoms with Crippen LogP contribution in [0.25, 0.3) is 0 Å². The predicted octanol–water partition coefficient (Wildman–Crippen LogP) is -0.0470. The summed E-state index contributed by atoms with van der Waals surface area (Å²) >= 11 is 0. The zero-order valence-electron chi connectivity index (χ0n) is 9.16. The lowest BCUT2D eigenvalue weighted by molar-refractivity contribution is -0.154. The smallest absolute Gasteiger partial charge is 0.234 e. The summed E-state index contributed by atoms with van der Waals surface area (Å²) in [7, 11) is 0. The van der Waals surface area contributed by atoms with Crippen LogP contribution in [0.5, 0.6) is 0 Å². The average Bonchev–Trinajstić information content (AvgIpc) is 2.01. The third-order valence-corrected chi connectivity index (χ3v) is 3.18. The number of rotatable bonds is 4. The van der Waals surface area contributed by atoms with Gasteiger partial charge in [-0.1, -0.05) is 20.8 Å². The number of aliphatic hydroxyl groups is 1. The maximum Gasteiger partial charge on any atom is 0.234 e. The van der Waals surface area contributed by atoms with Crippen LogP contribution in [0.2, 0.25) is 0 Å². The van der Waals surface area contributed by atoms with Gasteiger partial charge in [-0.15, -0.1) is 0 Å². The fourth-order valence-electron chi connectivity index (χ4n) is 1.88. The highest BCUT2D eigenvalue weighted by atomic mass is 16.3. The summed E-state index contributed by atoms with van der Waals surface area (Å²) in [4.78, 5) is 13.0. The van der Waals surface area contributed by atoms with Crippen molar-refractivity contribution in [2.45, 2.75) is 38.8 Å². The van der Waals surface area contributed by atoms with Crippen LogP contribution in [0.1, 0.15) is 27.2 Å². The van der Waals surface area contributed by atoms with Crippen molar-refractivity contribution in [2.75, 3.05) is 13.1 Å². The molecule has 3 N–H and O–H groups in total. The summed E-state index contributed by atoms with van der Waals surface area (Å²) in [6.45, 7) is 7.03. The number of primary amides is 1. The molecule has 1 aliphatic rings. The van der Waals surface area contributed by atoms with E-state index in [1.165, 1.54) is 0 Å². The molecule has 0 bridgehead atoms. The number of hydrogen-bond acceptors (Lipinski definition) is 3. The molecule has 1 rings (SSSR count). The lowest BCUT2D eigenvalue weighted by atomic mass is 9.81. The zero-order chi connectivity index (χ0) is 10.9. The Hall–Kier alpha value is -0.610. The normalized spacial score (nSPS) is 23.2. The van der Waals surface area contributed by atoms with Gasteiger partial charge in [-0.3, -0.25) is 9.69 Å². The van der Waals surface area contributed by atoms with Gasteiger partial charge in [0.15, 0.2) is 0 Å². The van der Waals surface area contributed by atoms with Crippen LogP contribution in [0, 0.1) is 5.92 Å². The first-order chi connectivity index (χ1) is 6.40. The van der Waals surface area contributed by atoms with Gasteiger partial charge < -0.3 is 10.8 Å². The minimum absolute atomic E-state index is 0.214. The Bertz CT molecular complexity index is 222. The largest absolute Gasteiger partial charge is 0.387 e. The number of likely N-dealkylation sites (tertiary alicyclic amines) is 1. The molecular formula is C10H20N2O2. The van der Waals surface area contributed by atoms with E-state index < -0.39 is 5.60 Å². The molecule has 1 heterocycles. The van der Waals surface area contributed by atoms with E-state index in [2.05, 4.69) is 0 Å². The van der Waals surface area contributed by atoms with Crippen molar-refractivity contribution in [1.82, 2.24) is 4.90 Å². The summed E-state index contributed by atoms with van der Waals surface area (Å²) < 4.78 is 0. The third kappa shape index (κ3) is 1.91. The van der Waals surface area contributed by atoms with Gasteiger partial charge in [0.05, 0.1) is 11.6 Å². The predicted molar refractivity (Wildman–Crippen MR) is 54.6 cm³/mol. The Labute approximate surface area is 85.1 Å². The molecule has 82 valence electrons. The highest BCUT2D eigenvalue weighted by Crippen LogP contribution is 2.30. The number of amides is 1. The maximum absolute atomic E-state index is 11.0. The van der Waals surface area contributed by atoms with Gasteiger partial charge in [0.1, 0.15) is 0 Å². The van der Waals surface area contributed by atoms with Crippen LogP contribution in [0.15, 0.2) is 0 Å². The highest BCUT2D eigenvalue weighted by molar-refractivity contribution is 5.79. The number of nitrogens with zero attached hydrogens (tertiary/aromatic N) is 1. The van der Waals surface area contributed by atoms with Gasteiger partial charge in [0.2, 0.25) is 5.91 Å². The van der Waals surface area contributed by atoms with E-state index in [4.69, 9.17) is 5.73 Å². The number of hydrogen-bond donors (Lipinski definition) is 2. The van der Waals surface area contributed by atoms with Crippen LogP contribution < -0.4 is 5.73 Å². The van der Waals surface area contributed by atoms with E-state index >= 15 is 0 Å². The molecule has 4 nitrogen and oxygen atoms in total. The molecular weight excluding hydrogens is 180 g/mol. The molecule has 0 aromatic carbocycles. The molecule has 1 amide bonds. The third-order valence-electron chi connectivity index (χ3n) is 3.18. The second-order valence-electron chi connectivity index (χ2n) is 4.49. The molecule has 1 atom stereocenters. The lowest BCUT2D eigenvalue weighted by Crippen LogP contribution is -2.68. The minimum atomic E-state index is -0.622. The summed E-state index contributed by atoms with van der Waals surface area (Å²) in [6.07, 6.45) is 0.712. The highest BCUT2D eigenvalue weighted by Gasteiger charge is 2.46. The van der Waals surface area contributed by atoms with Crippen molar-refractivity contribution >= 4 is 5.91 Å². The topological polar surface area (TPSA) is 66.6 Å². The Morgan fingerprint density at radius 2 is 2.07 bits per heavy atom. The standard InChI is InChI=1S/C10H20N2O2/c1-4-8(9(11)13)12-5-10(14,6-12)7(2)3/h7-8,14H,4-6H2,1-3H3,(H2,11,13). The molecule has 0 aromatic heterocycles. The van der Waals surface area contributed by atoms with Crippen molar-refractivity contribution in [3.63, 3.8) is 0 Å². The van der Waals surface area contributed by atoms with Crippen molar-refractivity contribution in [3.8, 4) is 0 Å². The molecule has 1 unspecified atom stereocenters. The van der Waals surface area contributed by atoms with Gasteiger partial charge in [-0.25, -0.2) is 0 Å². The number of β-amino-alcohol motifs (C(OH)–C–C–N with tert-alkyl or cyclic N) is 1. The van der Waals surface area contributed by atoms with Crippen molar-refractivity contribution in [1.29, 1.82) is 0 Å². The molecule has 0 radical (unpaired) electrons. The molecule has 4 heteroatoms. The van der Waals surface area contributed by atoms with Gasteiger partial charge in [0.25, 0.3) is 0 Å². The second kappa shape index (κ2) is 3.87. The fraction of sp³-hybridized carbons (Fsp3) is 0.900. The first kappa shape index (κ1) is 11.5. The van der Waals surface area contributed by atoms with Crippen LogP contribution >= 0.6 is 0 Å². The summed E-state index contributed by atoms with van der Waals surface area (Å²) in [5, 5.41) is 9.99. The molecule has 0 spiro atoms. The first-order valence-corrected chi connectivity index (χ1v) is 5.16. The Balaban J connectivity index is 2.51. The SMILES string of the molecule is CCC(C(N)=O)N1CC(O)(C(C)C)C1. The molecule has 1 saturated heterocycles.